The van der Waals surface area contributed by atoms with E-state index in [1.54, 1.807) is 0 Å². The Morgan fingerprint density at radius 1 is 1.13 bits per heavy atom. The minimum atomic E-state index is -0.210. The molecule has 2 aromatic rings. The van der Waals surface area contributed by atoms with Crippen molar-refractivity contribution in [3.8, 4) is 0 Å². The van der Waals surface area contributed by atoms with Crippen molar-refractivity contribution in [1.29, 1.82) is 0 Å². The van der Waals surface area contributed by atoms with Crippen molar-refractivity contribution in [3.05, 3.63) is 65.2 Å². The molecule has 0 spiro atoms. The van der Waals surface area contributed by atoms with Crippen molar-refractivity contribution in [3.63, 3.8) is 0 Å². The quantitative estimate of drug-likeness (QED) is 0.582. The summed E-state index contributed by atoms with van der Waals surface area (Å²) >= 11 is 0. The highest BCUT2D eigenvalue weighted by Gasteiger charge is 2.36. The van der Waals surface area contributed by atoms with E-state index in [0.29, 0.717) is 19.1 Å². The summed E-state index contributed by atoms with van der Waals surface area (Å²) in [6.45, 7) is 8.80. The van der Waals surface area contributed by atoms with E-state index in [0.717, 1.165) is 30.1 Å². The highest BCUT2D eigenvalue weighted by Crippen LogP contribution is 2.37. The first-order valence-corrected chi connectivity index (χ1v) is 11.6. The van der Waals surface area contributed by atoms with E-state index in [4.69, 9.17) is 4.74 Å². The van der Waals surface area contributed by atoms with E-state index in [9.17, 15) is 4.79 Å². The van der Waals surface area contributed by atoms with Crippen LogP contribution in [-0.4, -0.2) is 42.5 Å². The fraction of sp³-hybridized carbons (Fsp3) is 0.519. The maximum atomic E-state index is 13.2. The van der Waals surface area contributed by atoms with Gasteiger partial charge in [0.25, 0.3) is 0 Å². The van der Waals surface area contributed by atoms with E-state index in [-0.39, 0.29) is 17.4 Å². The van der Waals surface area contributed by atoms with Gasteiger partial charge in [-0.05, 0) is 81.3 Å². The monoisotopic (exact) mass is 420 g/mol. The zero-order valence-corrected chi connectivity index (χ0v) is 19.4. The highest BCUT2D eigenvalue weighted by atomic mass is 16.5. The lowest BCUT2D eigenvalue weighted by Gasteiger charge is -2.35. The summed E-state index contributed by atoms with van der Waals surface area (Å²) in [5.41, 5.74) is 4.09. The summed E-state index contributed by atoms with van der Waals surface area (Å²) in [6, 6.07) is 16.5. The van der Waals surface area contributed by atoms with Crippen LogP contribution in [0.2, 0.25) is 0 Å². The number of anilines is 1. The summed E-state index contributed by atoms with van der Waals surface area (Å²) in [5, 5.41) is 3.61. The summed E-state index contributed by atoms with van der Waals surface area (Å²) in [5.74, 6) is 1.46. The Balaban J connectivity index is 1.39. The van der Waals surface area contributed by atoms with Crippen LogP contribution in [0.4, 0.5) is 5.69 Å². The number of fused-ring (bicyclic) bond motifs is 1. The van der Waals surface area contributed by atoms with Crippen molar-refractivity contribution in [2.24, 2.45) is 5.92 Å². The average molecular weight is 421 g/mol. The maximum Gasteiger partial charge on any atom is 0.180 e. The molecule has 1 N–H and O–H groups in total. The topological polar surface area (TPSA) is 41.6 Å². The molecule has 0 bridgehead atoms. The Bertz CT molecular complexity index is 905. The number of hydrogen-bond acceptors (Lipinski definition) is 4. The number of likely N-dealkylation sites (N-methyl/N-ethyl adjacent to an activating group) is 1. The van der Waals surface area contributed by atoms with Gasteiger partial charge in [0, 0.05) is 17.8 Å². The largest absolute Gasteiger partial charge is 0.378 e. The Kier molecular flexibility index (Phi) is 6.49. The molecule has 4 rings (SSSR count). The van der Waals surface area contributed by atoms with E-state index in [1.807, 2.05) is 30.3 Å². The summed E-state index contributed by atoms with van der Waals surface area (Å²) in [7, 11) is 2.12. The van der Waals surface area contributed by atoms with Crippen LogP contribution in [0.1, 0.15) is 67.4 Å². The molecule has 2 aliphatic carbocycles. The minimum absolute atomic E-state index is 0.0183. The second-order valence-corrected chi connectivity index (χ2v) is 10.2. The number of carbonyl (C=O) groups excluding carboxylic acids is 1. The molecule has 31 heavy (non-hydrogen) atoms. The van der Waals surface area contributed by atoms with Gasteiger partial charge >= 0.3 is 0 Å². The Morgan fingerprint density at radius 2 is 1.87 bits per heavy atom. The third-order valence-corrected chi connectivity index (χ3v) is 6.56. The number of benzene rings is 2. The molecule has 4 nitrogen and oxygen atoms in total. The molecule has 2 atom stereocenters. The van der Waals surface area contributed by atoms with Crippen LogP contribution >= 0.6 is 0 Å². The molecule has 166 valence electrons. The third-order valence-electron chi connectivity index (χ3n) is 6.56. The predicted octanol–water partition coefficient (Wildman–Crippen LogP) is 5.49. The van der Waals surface area contributed by atoms with Crippen LogP contribution in [-0.2, 0) is 11.3 Å². The zero-order chi connectivity index (χ0) is 22.0. The van der Waals surface area contributed by atoms with Gasteiger partial charge < -0.3 is 10.1 Å². The molecule has 0 saturated heterocycles. The molecule has 0 radical (unpaired) electrons. The van der Waals surface area contributed by atoms with Gasteiger partial charge in [0.15, 0.2) is 5.78 Å². The van der Waals surface area contributed by atoms with E-state index < -0.39 is 0 Å². The molecule has 0 amide bonds. The van der Waals surface area contributed by atoms with Gasteiger partial charge in [-0.25, -0.2) is 0 Å². The lowest BCUT2D eigenvalue weighted by atomic mass is 9.79. The molecule has 0 aromatic heterocycles. The van der Waals surface area contributed by atoms with Gasteiger partial charge in [0.05, 0.1) is 24.8 Å². The first kappa shape index (κ1) is 22.0. The standard InChI is InChI=1S/C27H36N2O2/c1-19-14-25(29(4)16-20-10-11-20)26(30)23-13-12-22(15-24(19)23)28-27(2,3)18-31-17-21-8-6-5-7-9-21/h5-9,12-13,15,19-20,25,28H,10-11,14,16-18H2,1-4H3. The van der Waals surface area contributed by atoms with Crippen LogP contribution in [0, 0.1) is 5.92 Å². The number of hydrogen-bond donors (Lipinski definition) is 1. The van der Waals surface area contributed by atoms with E-state index in [2.05, 4.69) is 56.2 Å². The molecule has 2 aliphatic rings. The van der Waals surface area contributed by atoms with Crippen molar-refractivity contribution in [1.82, 2.24) is 4.90 Å². The second kappa shape index (κ2) is 9.13. The van der Waals surface area contributed by atoms with Crippen molar-refractivity contribution in [2.45, 2.75) is 64.1 Å². The van der Waals surface area contributed by atoms with Crippen molar-refractivity contribution in [2.75, 3.05) is 25.5 Å². The Morgan fingerprint density at radius 3 is 2.58 bits per heavy atom. The Hall–Kier alpha value is -2.17. The maximum absolute atomic E-state index is 13.2. The fourth-order valence-corrected chi connectivity index (χ4v) is 4.66. The molecule has 0 aliphatic heterocycles. The first-order chi connectivity index (χ1) is 14.8. The van der Waals surface area contributed by atoms with Crippen molar-refractivity contribution >= 4 is 11.5 Å². The van der Waals surface area contributed by atoms with E-state index in [1.165, 1.54) is 24.0 Å². The van der Waals surface area contributed by atoms with Gasteiger partial charge in [-0.3, -0.25) is 9.69 Å². The SMILES string of the molecule is CC1CC(N(C)CC2CC2)C(=O)c2ccc(NC(C)(C)COCc3ccccc3)cc21. The lowest BCUT2D eigenvalue weighted by Crippen LogP contribution is -2.43. The number of rotatable bonds is 9. The molecule has 2 unspecified atom stereocenters. The van der Waals surface area contributed by atoms with Crippen LogP contribution in [0.3, 0.4) is 0 Å². The smallest absolute Gasteiger partial charge is 0.180 e. The van der Waals surface area contributed by atoms with Gasteiger partial charge in [-0.1, -0.05) is 37.3 Å². The van der Waals surface area contributed by atoms with Gasteiger partial charge in [-0.2, -0.15) is 0 Å². The van der Waals surface area contributed by atoms with Gasteiger partial charge in [0.2, 0.25) is 0 Å². The molecule has 4 heteroatoms. The fourth-order valence-electron chi connectivity index (χ4n) is 4.66. The minimum Gasteiger partial charge on any atom is -0.378 e. The first-order valence-electron chi connectivity index (χ1n) is 11.6. The molecule has 0 heterocycles. The van der Waals surface area contributed by atoms with Gasteiger partial charge in [0.1, 0.15) is 0 Å². The van der Waals surface area contributed by atoms with Crippen LogP contribution in [0.25, 0.3) is 0 Å². The van der Waals surface area contributed by atoms with Crippen LogP contribution < -0.4 is 5.32 Å². The number of nitrogens with zero attached hydrogens (tertiary/aromatic N) is 1. The van der Waals surface area contributed by atoms with Gasteiger partial charge in [-0.15, -0.1) is 0 Å². The van der Waals surface area contributed by atoms with E-state index >= 15 is 0 Å². The Labute approximate surface area is 187 Å². The predicted molar refractivity (Wildman–Crippen MR) is 127 cm³/mol. The molecular weight excluding hydrogens is 384 g/mol. The lowest BCUT2D eigenvalue weighted by molar-refractivity contribution is 0.0809. The molecule has 1 saturated carbocycles. The molecular formula is C27H36N2O2. The number of ketones is 1. The highest BCUT2D eigenvalue weighted by molar-refractivity contribution is 6.03. The molecule has 2 aromatic carbocycles. The number of Topliss-reactive ketones (excluding diaryl/α,β-unsaturated/α-hetero) is 1. The van der Waals surface area contributed by atoms with Crippen LogP contribution in [0.15, 0.2) is 48.5 Å². The average Bonchev–Trinajstić information content (AvgIpc) is 3.55. The second-order valence-electron chi connectivity index (χ2n) is 10.2. The normalized spacial score (nSPS) is 21.3. The molecule has 1 fully saturated rings. The number of ether oxygens (including phenoxy) is 1. The zero-order valence-electron chi connectivity index (χ0n) is 19.4. The summed E-state index contributed by atoms with van der Waals surface area (Å²) < 4.78 is 5.96. The third kappa shape index (κ3) is 5.55. The summed E-state index contributed by atoms with van der Waals surface area (Å²) in [6.07, 6.45) is 3.54. The van der Waals surface area contributed by atoms with Crippen molar-refractivity contribution < 1.29 is 9.53 Å². The number of nitrogens with one attached hydrogen (secondary N) is 1. The number of carbonyl (C=O) groups is 1. The summed E-state index contributed by atoms with van der Waals surface area (Å²) in [4.78, 5) is 15.5. The van der Waals surface area contributed by atoms with Crippen LogP contribution in [0.5, 0.6) is 0 Å².